The van der Waals surface area contributed by atoms with E-state index in [-0.39, 0.29) is 11.5 Å². The van der Waals surface area contributed by atoms with Gasteiger partial charge in [0, 0.05) is 55.7 Å². The van der Waals surface area contributed by atoms with Crippen molar-refractivity contribution in [1.82, 2.24) is 10.2 Å². The van der Waals surface area contributed by atoms with E-state index in [4.69, 9.17) is 9.47 Å². The predicted molar refractivity (Wildman–Crippen MR) is 156 cm³/mol. The summed E-state index contributed by atoms with van der Waals surface area (Å²) in [6.45, 7) is 14.2. The summed E-state index contributed by atoms with van der Waals surface area (Å²) in [5.41, 5.74) is -0.228. The summed E-state index contributed by atoms with van der Waals surface area (Å²) >= 11 is 0. The Balaban J connectivity index is 1.87. The van der Waals surface area contributed by atoms with Crippen molar-refractivity contribution >= 4 is 17.6 Å². The molecule has 40 heavy (non-hydrogen) atoms. The van der Waals surface area contributed by atoms with E-state index >= 15 is 0 Å². The Morgan fingerprint density at radius 3 is 2.52 bits per heavy atom. The number of nitrogens with one attached hydrogen (secondary N) is 1. The fraction of sp³-hybridized carbons (Fsp3) is 0.688. The lowest BCUT2D eigenvalue weighted by atomic mass is 9.47. The van der Waals surface area contributed by atoms with E-state index in [1.165, 1.54) is 12.5 Å². The zero-order chi connectivity index (χ0) is 29.3. The number of aliphatic hydroxyl groups is 1. The molecule has 1 aromatic rings. The normalized spacial score (nSPS) is 34.2. The monoisotopic (exact) mass is 553 g/mol. The summed E-state index contributed by atoms with van der Waals surface area (Å²) in [6.07, 6.45) is 6.33. The predicted octanol–water partition coefficient (Wildman–Crippen LogP) is 3.68. The standard InChI is InChI=1S/C32H47N3O5/c1-9-11-15-33-28(37)32(38)26-31(24-22(29(4,5)6)18-21(39-8)19-23(24)34(26)7)14-17-35-16-12-13-30(10-2,25(31)35)27(32)40-20(3)36/h12-13,18-19,25-27,38H,9-11,14-17H2,1-8H3,(H,33,37)/t25?,26?,27-,30-,31?,32+/m1/s1. The van der Waals surface area contributed by atoms with Crippen LogP contribution in [0.3, 0.4) is 0 Å². The Hall–Kier alpha value is -2.58. The number of rotatable bonds is 7. The third-order valence-electron chi connectivity index (χ3n) is 10.2. The Morgan fingerprint density at radius 1 is 1.20 bits per heavy atom. The van der Waals surface area contributed by atoms with Gasteiger partial charge in [0.2, 0.25) is 5.60 Å². The molecule has 5 rings (SSSR count). The van der Waals surface area contributed by atoms with Crippen LogP contribution in [0.4, 0.5) is 5.69 Å². The van der Waals surface area contributed by atoms with Crippen LogP contribution in [0, 0.1) is 5.41 Å². The molecule has 2 fully saturated rings. The van der Waals surface area contributed by atoms with Crippen LogP contribution in [-0.2, 0) is 25.2 Å². The SMILES string of the molecule is CCCCNC(=O)[C@]1(O)C2N(C)c3cc(OC)cc(C(C)(C)C)c3C23CCN2CC=C[C@](CC)(C23)[C@H]1OC(C)=O. The average molecular weight is 554 g/mol. The first-order valence-electron chi connectivity index (χ1n) is 14.9. The van der Waals surface area contributed by atoms with Gasteiger partial charge in [0.25, 0.3) is 5.91 Å². The number of esters is 1. The number of unbranched alkanes of at least 4 members (excludes halogenated alkanes) is 1. The molecular weight excluding hydrogens is 506 g/mol. The van der Waals surface area contributed by atoms with Crippen molar-refractivity contribution in [3.8, 4) is 5.75 Å². The minimum atomic E-state index is -2.00. The first kappa shape index (κ1) is 28.9. The van der Waals surface area contributed by atoms with Crippen LogP contribution in [0.2, 0.25) is 0 Å². The average Bonchev–Trinajstić information content (AvgIpc) is 3.42. The van der Waals surface area contributed by atoms with Gasteiger partial charge >= 0.3 is 5.97 Å². The molecule has 1 saturated carbocycles. The minimum Gasteiger partial charge on any atom is -0.497 e. The molecule has 1 spiro atoms. The minimum absolute atomic E-state index is 0.0636. The molecule has 6 atom stereocenters. The van der Waals surface area contributed by atoms with Gasteiger partial charge in [0.05, 0.1) is 13.2 Å². The van der Waals surface area contributed by atoms with Gasteiger partial charge in [0.1, 0.15) is 5.75 Å². The Morgan fingerprint density at radius 2 is 1.93 bits per heavy atom. The molecule has 0 bridgehead atoms. The quantitative estimate of drug-likeness (QED) is 0.302. The van der Waals surface area contributed by atoms with Gasteiger partial charge < -0.3 is 24.8 Å². The van der Waals surface area contributed by atoms with Gasteiger partial charge in [-0.25, -0.2) is 0 Å². The first-order valence-corrected chi connectivity index (χ1v) is 14.9. The lowest BCUT2D eigenvalue weighted by Gasteiger charge is -2.64. The number of benzene rings is 1. The topological polar surface area (TPSA) is 91.3 Å². The summed E-state index contributed by atoms with van der Waals surface area (Å²) < 4.78 is 11.9. The molecule has 220 valence electrons. The maximum absolute atomic E-state index is 14.4. The van der Waals surface area contributed by atoms with E-state index in [9.17, 15) is 14.7 Å². The fourth-order valence-corrected chi connectivity index (χ4v) is 8.78. The Labute approximate surface area is 239 Å². The van der Waals surface area contributed by atoms with Crippen LogP contribution in [0.1, 0.15) is 78.4 Å². The van der Waals surface area contributed by atoms with Crippen molar-refractivity contribution in [1.29, 1.82) is 0 Å². The second-order valence-electron chi connectivity index (χ2n) is 13.3. The molecule has 3 unspecified atom stereocenters. The number of methoxy groups -OCH3 is 1. The number of nitrogens with zero attached hydrogens (tertiary/aromatic N) is 2. The number of anilines is 1. The molecule has 3 aliphatic heterocycles. The lowest BCUT2D eigenvalue weighted by molar-refractivity contribution is -0.218. The summed E-state index contributed by atoms with van der Waals surface area (Å²) in [5, 5.41) is 16.2. The molecule has 1 saturated heterocycles. The second-order valence-corrected chi connectivity index (χ2v) is 13.3. The summed E-state index contributed by atoms with van der Waals surface area (Å²) in [4.78, 5) is 31.7. The number of hydrogen-bond acceptors (Lipinski definition) is 7. The number of fused-ring (bicyclic) bond motifs is 1. The highest BCUT2D eigenvalue weighted by molar-refractivity contribution is 5.91. The van der Waals surface area contributed by atoms with Crippen LogP contribution < -0.4 is 15.0 Å². The molecule has 8 nitrogen and oxygen atoms in total. The number of carbonyl (C=O) groups is 2. The van der Waals surface area contributed by atoms with Crippen molar-refractivity contribution in [2.75, 3.05) is 38.7 Å². The highest BCUT2D eigenvalue weighted by atomic mass is 16.6. The van der Waals surface area contributed by atoms with Crippen LogP contribution in [0.25, 0.3) is 0 Å². The lowest BCUT2D eigenvalue weighted by Crippen LogP contribution is -2.82. The number of likely N-dealkylation sites (N-methyl/N-ethyl adjacent to an activating group) is 1. The zero-order valence-electron chi connectivity index (χ0n) is 25.5. The molecule has 4 aliphatic rings. The van der Waals surface area contributed by atoms with Crippen molar-refractivity contribution in [2.24, 2.45) is 5.41 Å². The zero-order valence-corrected chi connectivity index (χ0v) is 25.5. The van der Waals surface area contributed by atoms with E-state index in [2.05, 4.69) is 68.0 Å². The summed E-state index contributed by atoms with van der Waals surface area (Å²) in [5.74, 6) is -0.216. The number of hydrogen-bond donors (Lipinski definition) is 2. The molecular formula is C32H47N3O5. The van der Waals surface area contributed by atoms with Crippen LogP contribution >= 0.6 is 0 Å². The van der Waals surface area contributed by atoms with E-state index in [0.29, 0.717) is 13.0 Å². The maximum atomic E-state index is 14.4. The van der Waals surface area contributed by atoms with Crippen molar-refractivity contribution in [3.63, 3.8) is 0 Å². The third-order valence-corrected chi connectivity index (χ3v) is 10.2. The Bertz CT molecular complexity index is 1220. The molecule has 0 aromatic heterocycles. The van der Waals surface area contributed by atoms with Gasteiger partial charge in [0.15, 0.2) is 6.10 Å². The number of amides is 1. The van der Waals surface area contributed by atoms with E-state index < -0.39 is 40.5 Å². The van der Waals surface area contributed by atoms with E-state index in [1.807, 2.05) is 13.1 Å². The Kier molecular flexibility index (Phi) is 7.06. The smallest absolute Gasteiger partial charge is 0.303 e. The van der Waals surface area contributed by atoms with Gasteiger partial charge in [-0.1, -0.05) is 53.2 Å². The van der Waals surface area contributed by atoms with Crippen molar-refractivity contribution in [2.45, 2.75) is 102 Å². The highest BCUT2D eigenvalue weighted by Crippen LogP contribution is 2.68. The maximum Gasteiger partial charge on any atom is 0.303 e. The van der Waals surface area contributed by atoms with Crippen molar-refractivity contribution in [3.05, 3.63) is 35.4 Å². The number of ether oxygens (including phenoxy) is 2. The van der Waals surface area contributed by atoms with Gasteiger partial charge in [-0.2, -0.15) is 0 Å². The molecule has 3 heterocycles. The highest BCUT2D eigenvalue weighted by Gasteiger charge is 2.80. The molecule has 8 heteroatoms. The number of carbonyl (C=O) groups excluding carboxylic acids is 2. The van der Waals surface area contributed by atoms with E-state index in [1.54, 1.807) is 7.11 Å². The molecule has 1 aromatic carbocycles. The van der Waals surface area contributed by atoms with E-state index in [0.717, 1.165) is 49.4 Å². The molecule has 1 aliphatic carbocycles. The molecule has 1 amide bonds. The van der Waals surface area contributed by atoms with Crippen LogP contribution in [0.15, 0.2) is 24.3 Å². The second kappa shape index (κ2) is 9.76. The van der Waals surface area contributed by atoms with Crippen LogP contribution in [0.5, 0.6) is 5.75 Å². The largest absolute Gasteiger partial charge is 0.497 e. The van der Waals surface area contributed by atoms with Crippen LogP contribution in [-0.4, -0.2) is 79.5 Å². The van der Waals surface area contributed by atoms with Gasteiger partial charge in [-0.3, -0.25) is 14.5 Å². The first-order chi connectivity index (χ1) is 18.8. The summed E-state index contributed by atoms with van der Waals surface area (Å²) in [7, 11) is 3.65. The third kappa shape index (κ3) is 3.71. The van der Waals surface area contributed by atoms with Gasteiger partial charge in [-0.05, 0) is 48.4 Å². The van der Waals surface area contributed by atoms with Gasteiger partial charge in [-0.15, -0.1) is 0 Å². The molecule has 0 radical (unpaired) electrons. The summed E-state index contributed by atoms with van der Waals surface area (Å²) in [6, 6.07) is 3.47. The molecule has 2 N–H and O–H groups in total. The van der Waals surface area contributed by atoms with Crippen molar-refractivity contribution < 1.29 is 24.2 Å². The fourth-order valence-electron chi connectivity index (χ4n) is 8.78.